The van der Waals surface area contributed by atoms with Gasteiger partial charge in [-0.2, -0.15) is 0 Å². The number of rotatable bonds is 4. The van der Waals surface area contributed by atoms with Crippen molar-refractivity contribution in [3.05, 3.63) is 40.3 Å². The minimum atomic E-state index is -3.50. The number of allylic oxidation sites excluding steroid dienone is 1. The van der Waals surface area contributed by atoms with Crippen LogP contribution in [0, 0.1) is 0 Å². The number of aliphatic hydroxyl groups is 1. The van der Waals surface area contributed by atoms with Crippen LogP contribution in [0.3, 0.4) is 0 Å². The van der Waals surface area contributed by atoms with Crippen LogP contribution in [-0.2, 0) is 16.4 Å². The third kappa shape index (κ3) is 3.20. The topological polar surface area (TPSA) is 66.4 Å². The van der Waals surface area contributed by atoms with E-state index in [4.69, 9.17) is 0 Å². The average Bonchev–Trinajstić information content (AvgIpc) is 2.92. The molecule has 2 aliphatic carbocycles. The fourth-order valence-electron chi connectivity index (χ4n) is 3.15. The molecule has 0 aromatic heterocycles. The Morgan fingerprint density at radius 3 is 2.62 bits per heavy atom. The molecule has 2 aliphatic rings. The van der Waals surface area contributed by atoms with Crippen LogP contribution in [0.15, 0.2) is 29.2 Å². The van der Waals surface area contributed by atoms with Crippen LogP contribution >= 0.6 is 0 Å². The number of aryl methyl sites for hydroxylation is 1. The molecule has 21 heavy (non-hydrogen) atoms. The van der Waals surface area contributed by atoms with Crippen LogP contribution in [0.1, 0.15) is 43.2 Å². The number of hydrogen-bond donors (Lipinski definition) is 2. The van der Waals surface area contributed by atoms with Crippen molar-refractivity contribution in [2.45, 2.75) is 44.1 Å². The summed E-state index contributed by atoms with van der Waals surface area (Å²) >= 11 is 0. The van der Waals surface area contributed by atoms with Crippen molar-refractivity contribution < 1.29 is 13.5 Å². The smallest absolute Gasteiger partial charge is 0.236 e. The van der Waals surface area contributed by atoms with Gasteiger partial charge in [0.05, 0.1) is 10.5 Å². The molecule has 2 N–H and O–H groups in total. The van der Waals surface area contributed by atoms with E-state index in [-0.39, 0.29) is 6.54 Å². The third-order valence-electron chi connectivity index (χ3n) is 4.48. The van der Waals surface area contributed by atoms with Gasteiger partial charge in [0, 0.05) is 6.54 Å². The monoisotopic (exact) mass is 307 g/mol. The molecule has 0 unspecified atom stereocenters. The Kier molecular flexibility index (Phi) is 3.90. The van der Waals surface area contributed by atoms with E-state index in [2.05, 4.69) is 4.72 Å². The van der Waals surface area contributed by atoms with Crippen LogP contribution in [-0.4, -0.2) is 25.7 Å². The molecule has 114 valence electrons. The summed E-state index contributed by atoms with van der Waals surface area (Å²) in [4.78, 5) is 0.419. The molecule has 0 aliphatic heterocycles. The lowest BCUT2D eigenvalue weighted by molar-refractivity contribution is 0.0532. The number of hydrogen-bond acceptors (Lipinski definition) is 3. The van der Waals surface area contributed by atoms with E-state index < -0.39 is 15.6 Å². The van der Waals surface area contributed by atoms with Gasteiger partial charge in [0.2, 0.25) is 10.0 Å². The molecular formula is C16H21NO3S. The van der Waals surface area contributed by atoms with Crippen LogP contribution in [0.2, 0.25) is 0 Å². The Hall–Kier alpha value is -1.17. The maximum absolute atomic E-state index is 12.4. The van der Waals surface area contributed by atoms with Crippen molar-refractivity contribution in [3.8, 4) is 0 Å². The zero-order valence-corrected chi connectivity index (χ0v) is 12.8. The molecule has 1 saturated carbocycles. The quantitative estimate of drug-likeness (QED) is 0.896. The largest absolute Gasteiger partial charge is 0.389 e. The van der Waals surface area contributed by atoms with Crippen molar-refractivity contribution in [2.75, 3.05) is 6.54 Å². The van der Waals surface area contributed by atoms with Crippen LogP contribution in [0.4, 0.5) is 0 Å². The van der Waals surface area contributed by atoms with Crippen molar-refractivity contribution in [2.24, 2.45) is 0 Å². The van der Waals surface area contributed by atoms with Crippen molar-refractivity contribution >= 4 is 16.1 Å². The Labute approximate surface area is 125 Å². The summed E-state index contributed by atoms with van der Waals surface area (Å²) < 4.78 is 27.4. The molecule has 0 heterocycles. The lowest BCUT2D eigenvalue weighted by Crippen LogP contribution is -2.41. The first-order valence-electron chi connectivity index (χ1n) is 7.49. The zero-order valence-electron chi connectivity index (χ0n) is 12.0. The molecule has 0 amide bonds. The fourth-order valence-corrected chi connectivity index (χ4v) is 4.45. The third-order valence-corrected chi connectivity index (χ3v) is 6.02. The maximum atomic E-state index is 12.4. The standard InChI is InChI=1S/C16H21NO3S/c18-16(9-3-4-10-16)12-17-21(19,20)15-8-7-13-5-1-2-6-14(13)11-15/h1-2,5-6,11,17-18H,3-4,7-10,12H2. The summed E-state index contributed by atoms with van der Waals surface area (Å²) in [5.41, 5.74) is 1.30. The summed E-state index contributed by atoms with van der Waals surface area (Å²) in [6.07, 6.45) is 6.30. The second-order valence-electron chi connectivity index (χ2n) is 6.07. The predicted molar refractivity (Wildman–Crippen MR) is 83.1 cm³/mol. The van der Waals surface area contributed by atoms with E-state index >= 15 is 0 Å². The highest BCUT2D eigenvalue weighted by atomic mass is 32.2. The van der Waals surface area contributed by atoms with Gasteiger partial charge in [0.15, 0.2) is 0 Å². The molecule has 0 saturated heterocycles. The SMILES string of the molecule is O=S(=O)(NCC1(O)CCCC1)C1=Cc2ccccc2CC1. The summed E-state index contributed by atoms with van der Waals surface area (Å²) in [5, 5.41) is 10.3. The summed E-state index contributed by atoms with van der Waals surface area (Å²) in [7, 11) is -3.50. The normalized spacial score (nSPS) is 20.9. The highest BCUT2D eigenvalue weighted by Gasteiger charge is 2.33. The van der Waals surface area contributed by atoms with Crippen LogP contribution < -0.4 is 4.72 Å². The number of sulfonamides is 1. The lowest BCUT2D eigenvalue weighted by Gasteiger charge is -2.23. The van der Waals surface area contributed by atoms with Gasteiger partial charge in [0.1, 0.15) is 0 Å². The molecule has 0 atom stereocenters. The molecule has 0 radical (unpaired) electrons. The first-order chi connectivity index (χ1) is 9.99. The van der Waals surface area contributed by atoms with Gasteiger partial charge in [-0.3, -0.25) is 0 Å². The van der Waals surface area contributed by atoms with Gasteiger partial charge in [-0.05, 0) is 42.9 Å². The molecule has 5 heteroatoms. The van der Waals surface area contributed by atoms with Gasteiger partial charge >= 0.3 is 0 Å². The Morgan fingerprint density at radius 1 is 1.14 bits per heavy atom. The van der Waals surface area contributed by atoms with Crippen molar-refractivity contribution in [1.82, 2.24) is 4.72 Å². The molecule has 1 fully saturated rings. The van der Waals surface area contributed by atoms with Gasteiger partial charge in [-0.15, -0.1) is 0 Å². The summed E-state index contributed by atoms with van der Waals surface area (Å²) in [6.45, 7) is 0.119. The Balaban J connectivity index is 1.75. The minimum Gasteiger partial charge on any atom is -0.389 e. The van der Waals surface area contributed by atoms with E-state index in [1.807, 2.05) is 24.3 Å². The van der Waals surface area contributed by atoms with Crippen molar-refractivity contribution in [1.29, 1.82) is 0 Å². The zero-order chi connectivity index (χ0) is 14.9. The highest BCUT2D eigenvalue weighted by Crippen LogP contribution is 2.30. The van der Waals surface area contributed by atoms with Crippen LogP contribution in [0.5, 0.6) is 0 Å². The minimum absolute atomic E-state index is 0.119. The van der Waals surface area contributed by atoms with Gasteiger partial charge in [-0.25, -0.2) is 13.1 Å². The molecule has 0 spiro atoms. The van der Waals surface area contributed by atoms with E-state index in [0.717, 1.165) is 24.8 Å². The molecule has 1 aromatic rings. The van der Waals surface area contributed by atoms with Gasteiger partial charge < -0.3 is 5.11 Å². The van der Waals surface area contributed by atoms with Gasteiger partial charge in [0.25, 0.3) is 0 Å². The van der Waals surface area contributed by atoms with E-state index in [9.17, 15) is 13.5 Å². The Morgan fingerprint density at radius 2 is 1.86 bits per heavy atom. The summed E-state index contributed by atoms with van der Waals surface area (Å²) in [5.74, 6) is 0. The van der Waals surface area contributed by atoms with E-state index in [0.29, 0.717) is 24.2 Å². The molecule has 1 aromatic carbocycles. The average molecular weight is 307 g/mol. The maximum Gasteiger partial charge on any atom is 0.236 e. The van der Waals surface area contributed by atoms with E-state index in [1.165, 1.54) is 5.56 Å². The number of benzene rings is 1. The van der Waals surface area contributed by atoms with E-state index in [1.54, 1.807) is 6.08 Å². The van der Waals surface area contributed by atoms with Crippen LogP contribution in [0.25, 0.3) is 6.08 Å². The lowest BCUT2D eigenvalue weighted by atomic mass is 9.98. The predicted octanol–water partition coefficient (Wildman–Crippen LogP) is 2.20. The first kappa shape index (κ1) is 14.8. The highest BCUT2D eigenvalue weighted by molar-refractivity contribution is 7.93. The van der Waals surface area contributed by atoms with Crippen molar-refractivity contribution in [3.63, 3.8) is 0 Å². The first-order valence-corrected chi connectivity index (χ1v) is 8.97. The molecular weight excluding hydrogens is 286 g/mol. The second kappa shape index (κ2) is 5.55. The molecule has 3 rings (SSSR count). The summed E-state index contributed by atoms with van der Waals surface area (Å²) in [6, 6.07) is 7.86. The van der Waals surface area contributed by atoms with Gasteiger partial charge in [-0.1, -0.05) is 37.1 Å². The second-order valence-corrected chi connectivity index (χ2v) is 7.89. The number of nitrogens with one attached hydrogen (secondary N) is 1. The molecule has 4 nitrogen and oxygen atoms in total. The molecule has 0 bridgehead atoms. The fraction of sp³-hybridized carbons (Fsp3) is 0.500. The Bertz CT molecular complexity index is 658. The number of fused-ring (bicyclic) bond motifs is 1.